The number of aliphatic hydroxyl groups excluding tert-OH is 1. The van der Waals surface area contributed by atoms with Gasteiger partial charge in [-0.2, -0.15) is 0 Å². The fourth-order valence-electron chi connectivity index (χ4n) is 7.66. The average Bonchev–Trinajstić information content (AvgIpc) is 2.66. The molecule has 0 aromatic heterocycles. The first kappa shape index (κ1) is 23.6. The molecule has 0 spiro atoms. The van der Waals surface area contributed by atoms with Crippen LogP contribution in [0.2, 0.25) is 0 Å². The summed E-state index contributed by atoms with van der Waals surface area (Å²) >= 11 is 0. The first-order chi connectivity index (χ1) is 13.5. The number of rotatable bonds is 3. The fraction of sp³-hybridized carbons (Fsp3) is 1.00. The first-order valence-corrected chi connectivity index (χ1v) is 12.8. The van der Waals surface area contributed by atoms with Gasteiger partial charge in [0.05, 0.1) is 0 Å². The maximum atomic E-state index is 10.5. The van der Waals surface area contributed by atoms with E-state index in [2.05, 4.69) is 41.5 Å². The zero-order valence-corrected chi connectivity index (χ0v) is 20.3. The van der Waals surface area contributed by atoms with Gasteiger partial charge in [0.1, 0.15) is 0 Å². The Labute approximate surface area is 181 Å². The van der Waals surface area contributed by atoms with Crippen LogP contribution in [0.1, 0.15) is 112 Å². The Morgan fingerprint density at radius 1 is 0.552 bits per heavy atom. The van der Waals surface area contributed by atoms with E-state index in [9.17, 15) is 10.2 Å². The summed E-state index contributed by atoms with van der Waals surface area (Å²) in [5.74, 6) is 4.30. The molecule has 3 fully saturated rings. The van der Waals surface area contributed by atoms with Crippen LogP contribution in [0.5, 0.6) is 0 Å². The Morgan fingerprint density at radius 3 is 1.17 bits per heavy atom. The van der Waals surface area contributed by atoms with Crippen LogP contribution < -0.4 is 0 Å². The second kappa shape index (κ2) is 9.19. The van der Waals surface area contributed by atoms with E-state index < -0.39 is 6.29 Å². The van der Waals surface area contributed by atoms with Crippen molar-refractivity contribution in [2.24, 2.45) is 52.3 Å². The third-order valence-electron chi connectivity index (χ3n) is 9.61. The van der Waals surface area contributed by atoms with Crippen molar-refractivity contribution >= 4 is 0 Å². The van der Waals surface area contributed by atoms with Crippen molar-refractivity contribution in [1.82, 2.24) is 0 Å². The molecule has 2 unspecified atom stereocenters. The van der Waals surface area contributed by atoms with Crippen LogP contribution in [0.15, 0.2) is 0 Å². The molecule has 3 saturated carbocycles. The Hall–Kier alpha value is -0.0800. The largest absolute Gasteiger partial charge is 0.368 e. The van der Waals surface area contributed by atoms with Crippen molar-refractivity contribution in [1.29, 1.82) is 0 Å². The molecule has 0 radical (unpaired) electrons. The van der Waals surface area contributed by atoms with Gasteiger partial charge in [0, 0.05) is 5.92 Å². The van der Waals surface area contributed by atoms with E-state index in [0.717, 1.165) is 11.8 Å². The first-order valence-electron chi connectivity index (χ1n) is 12.8. The maximum Gasteiger partial charge on any atom is 0.154 e. The topological polar surface area (TPSA) is 40.5 Å². The number of hydrogen-bond acceptors (Lipinski definition) is 2. The lowest BCUT2D eigenvalue weighted by atomic mass is 9.57. The molecule has 3 aliphatic carbocycles. The Balaban J connectivity index is 1.65. The highest BCUT2D eigenvalue weighted by molar-refractivity contribution is 4.94. The molecule has 0 amide bonds. The van der Waals surface area contributed by atoms with E-state index in [-0.39, 0.29) is 5.92 Å². The van der Waals surface area contributed by atoms with Gasteiger partial charge in [-0.1, -0.05) is 48.0 Å². The minimum Gasteiger partial charge on any atom is -0.368 e. The maximum absolute atomic E-state index is 10.5. The SMILES string of the molecule is CC(C)(C)C1CCC(C2CCCC(C3CCC(C(C)(C)C)CC3)C2C(O)O)CC1. The van der Waals surface area contributed by atoms with Gasteiger partial charge in [0.15, 0.2) is 6.29 Å². The van der Waals surface area contributed by atoms with Crippen LogP contribution in [-0.2, 0) is 0 Å². The predicted molar refractivity (Wildman–Crippen MR) is 122 cm³/mol. The van der Waals surface area contributed by atoms with Gasteiger partial charge < -0.3 is 10.2 Å². The van der Waals surface area contributed by atoms with E-state index in [0.29, 0.717) is 34.5 Å². The standard InChI is InChI=1S/C27H50O2/c1-26(2,3)20-14-10-18(11-15-20)22-8-7-9-23(24(22)25(28)29)19-12-16-21(17-13-19)27(4,5)6/h18-25,28-29H,7-17H2,1-6H3. The van der Waals surface area contributed by atoms with E-state index in [1.165, 1.54) is 70.6 Å². The van der Waals surface area contributed by atoms with Gasteiger partial charge >= 0.3 is 0 Å². The molecule has 29 heavy (non-hydrogen) atoms. The lowest BCUT2D eigenvalue weighted by Gasteiger charge is -2.49. The molecule has 2 atom stereocenters. The summed E-state index contributed by atoms with van der Waals surface area (Å²) < 4.78 is 0. The second-order valence-electron chi connectivity index (χ2n) is 13.2. The molecule has 170 valence electrons. The van der Waals surface area contributed by atoms with Gasteiger partial charge in [0.2, 0.25) is 0 Å². The summed E-state index contributed by atoms with van der Waals surface area (Å²) in [4.78, 5) is 0. The molecular formula is C27H50O2. The number of hydrogen-bond donors (Lipinski definition) is 2. The van der Waals surface area contributed by atoms with E-state index in [1.54, 1.807) is 0 Å². The molecule has 2 heteroatoms. The summed E-state index contributed by atoms with van der Waals surface area (Å²) in [6.07, 6.45) is 13.2. The van der Waals surface area contributed by atoms with Crippen LogP contribution in [0.25, 0.3) is 0 Å². The zero-order chi connectivity index (χ0) is 21.4. The highest BCUT2D eigenvalue weighted by Gasteiger charge is 2.46. The average molecular weight is 407 g/mol. The predicted octanol–water partition coefficient (Wildman–Crippen LogP) is 7.03. The molecule has 0 bridgehead atoms. The summed E-state index contributed by atoms with van der Waals surface area (Å²) in [5.41, 5.74) is 0.837. The third kappa shape index (κ3) is 5.59. The normalized spacial score (nSPS) is 40.2. The van der Waals surface area contributed by atoms with E-state index >= 15 is 0 Å². The van der Waals surface area contributed by atoms with Gasteiger partial charge in [-0.25, -0.2) is 0 Å². The molecule has 3 rings (SSSR count). The summed E-state index contributed by atoms with van der Waals surface area (Å²) in [6, 6.07) is 0. The van der Waals surface area contributed by atoms with Crippen LogP contribution >= 0.6 is 0 Å². The van der Waals surface area contributed by atoms with Crippen molar-refractivity contribution in [2.45, 2.75) is 118 Å². The Bertz CT molecular complexity index is 454. The van der Waals surface area contributed by atoms with Crippen molar-refractivity contribution in [2.75, 3.05) is 0 Å². The van der Waals surface area contributed by atoms with Gasteiger partial charge in [-0.05, 0) is 111 Å². The summed E-state index contributed by atoms with van der Waals surface area (Å²) in [5, 5.41) is 21.0. The molecule has 3 aliphatic rings. The molecule has 0 heterocycles. The van der Waals surface area contributed by atoms with Gasteiger partial charge in [-0.3, -0.25) is 0 Å². The van der Waals surface area contributed by atoms with Crippen molar-refractivity contribution in [3.63, 3.8) is 0 Å². The van der Waals surface area contributed by atoms with Crippen LogP contribution in [0.4, 0.5) is 0 Å². The molecular weight excluding hydrogens is 356 g/mol. The highest BCUT2D eigenvalue weighted by Crippen LogP contribution is 2.52. The molecule has 0 aromatic carbocycles. The molecule has 0 aliphatic heterocycles. The zero-order valence-electron chi connectivity index (χ0n) is 20.3. The van der Waals surface area contributed by atoms with Crippen LogP contribution in [-0.4, -0.2) is 16.5 Å². The van der Waals surface area contributed by atoms with Crippen molar-refractivity contribution in [3.8, 4) is 0 Å². The summed E-state index contributed by atoms with van der Waals surface area (Å²) in [6.45, 7) is 14.4. The second-order valence-corrected chi connectivity index (χ2v) is 13.2. The lowest BCUT2D eigenvalue weighted by molar-refractivity contribution is -0.152. The van der Waals surface area contributed by atoms with E-state index in [4.69, 9.17) is 0 Å². The van der Waals surface area contributed by atoms with Gasteiger partial charge in [-0.15, -0.1) is 0 Å². The monoisotopic (exact) mass is 406 g/mol. The Morgan fingerprint density at radius 2 is 0.897 bits per heavy atom. The smallest absolute Gasteiger partial charge is 0.154 e. The summed E-state index contributed by atoms with van der Waals surface area (Å²) in [7, 11) is 0. The third-order valence-corrected chi connectivity index (χ3v) is 9.61. The van der Waals surface area contributed by atoms with Crippen molar-refractivity contribution in [3.05, 3.63) is 0 Å². The van der Waals surface area contributed by atoms with Crippen molar-refractivity contribution < 1.29 is 10.2 Å². The highest BCUT2D eigenvalue weighted by atomic mass is 16.5. The minimum atomic E-state index is -1.12. The Kier molecular flexibility index (Phi) is 7.47. The molecule has 2 nitrogen and oxygen atoms in total. The molecule has 0 aromatic rings. The van der Waals surface area contributed by atoms with E-state index in [1.807, 2.05) is 0 Å². The fourth-order valence-corrected chi connectivity index (χ4v) is 7.66. The van der Waals surface area contributed by atoms with Crippen LogP contribution in [0, 0.1) is 52.3 Å². The van der Waals surface area contributed by atoms with Crippen LogP contribution in [0.3, 0.4) is 0 Å². The minimum absolute atomic E-state index is 0.121. The lowest BCUT2D eigenvalue weighted by Crippen LogP contribution is -2.45. The quantitative estimate of drug-likeness (QED) is 0.494. The molecule has 2 N–H and O–H groups in total. The van der Waals surface area contributed by atoms with Gasteiger partial charge in [0.25, 0.3) is 0 Å². The molecule has 0 saturated heterocycles. The number of aliphatic hydroxyl groups is 2.